The first-order chi connectivity index (χ1) is 13.1. The molecular formula is C19H20Cl2N4O2. The number of alkyl halides is 1. The normalized spacial score (nSPS) is 10.9. The third kappa shape index (κ3) is 5.11. The molecule has 8 heteroatoms. The molecule has 2 heterocycles. The van der Waals surface area contributed by atoms with Gasteiger partial charge in [-0.3, -0.25) is 4.79 Å². The van der Waals surface area contributed by atoms with E-state index in [2.05, 4.69) is 20.3 Å². The number of nitrogens with one attached hydrogen (secondary N) is 2. The van der Waals surface area contributed by atoms with Crippen molar-refractivity contribution in [2.24, 2.45) is 0 Å². The number of carbonyl (C=O) groups excluding carboxylic acids is 1. The predicted octanol–water partition coefficient (Wildman–Crippen LogP) is 4.37. The van der Waals surface area contributed by atoms with Gasteiger partial charge in [-0.05, 0) is 25.5 Å². The molecule has 2 N–H and O–H groups in total. The van der Waals surface area contributed by atoms with Crippen LogP contribution in [0.5, 0.6) is 0 Å². The van der Waals surface area contributed by atoms with Crippen LogP contribution in [0.25, 0.3) is 22.8 Å². The lowest BCUT2D eigenvalue weighted by Crippen LogP contribution is -2.24. The van der Waals surface area contributed by atoms with Gasteiger partial charge in [-0.2, -0.15) is 0 Å². The van der Waals surface area contributed by atoms with Gasteiger partial charge >= 0.3 is 0 Å². The highest BCUT2D eigenvalue weighted by atomic mass is 35.5. The Balaban J connectivity index is 1.81. The Morgan fingerprint density at radius 1 is 1.26 bits per heavy atom. The maximum absolute atomic E-state index is 11.8. The second-order valence-electron chi connectivity index (χ2n) is 6.06. The Hall–Kier alpha value is -2.31. The van der Waals surface area contributed by atoms with E-state index in [1.165, 1.54) is 0 Å². The number of aromatic nitrogens is 3. The molecule has 0 saturated heterocycles. The van der Waals surface area contributed by atoms with Gasteiger partial charge in [-0.15, -0.1) is 11.6 Å². The molecule has 0 aliphatic rings. The number of aromatic amines is 1. The largest absolute Gasteiger partial charge is 0.439 e. The van der Waals surface area contributed by atoms with Gasteiger partial charge in [0.05, 0.1) is 0 Å². The Kier molecular flexibility index (Phi) is 6.53. The van der Waals surface area contributed by atoms with Crippen LogP contribution in [0.1, 0.15) is 24.4 Å². The fourth-order valence-electron chi connectivity index (χ4n) is 2.68. The van der Waals surface area contributed by atoms with E-state index < -0.39 is 0 Å². The van der Waals surface area contributed by atoms with Gasteiger partial charge in [-0.1, -0.05) is 23.7 Å². The van der Waals surface area contributed by atoms with Crippen LogP contribution in [0.3, 0.4) is 0 Å². The average Bonchev–Trinajstić information content (AvgIpc) is 3.27. The van der Waals surface area contributed by atoms with E-state index in [0.29, 0.717) is 48.3 Å². The van der Waals surface area contributed by atoms with Crippen molar-refractivity contribution >= 4 is 29.1 Å². The van der Waals surface area contributed by atoms with Crippen molar-refractivity contribution in [3.8, 4) is 22.8 Å². The second kappa shape index (κ2) is 9.06. The highest BCUT2D eigenvalue weighted by Gasteiger charge is 2.18. The molecule has 0 fully saturated rings. The summed E-state index contributed by atoms with van der Waals surface area (Å²) in [6.07, 6.45) is 3.39. The van der Waals surface area contributed by atoms with Crippen LogP contribution in [-0.4, -0.2) is 33.3 Å². The van der Waals surface area contributed by atoms with Gasteiger partial charge in [0, 0.05) is 42.0 Å². The summed E-state index contributed by atoms with van der Waals surface area (Å²) in [5, 5.41) is 3.41. The van der Waals surface area contributed by atoms with Gasteiger partial charge < -0.3 is 14.7 Å². The Labute approximate surface area is 167 Å². The fraction of sp³-hybridized carbons (Fsp3) is 0.316. The number of halogens is 2. The van der Waals surface area contributed by atoms with Gasteiger partial charge in [0.25, 0.3) is 0 Å². The minimum absolute atomic E-state index is 0.0219. The average molecular weight is 407 g/mol. The Bertz CT molecular complexity index is 903. The summed E-state index contributed by atoms with van der Waals surface area (Å²) in [5.74, 6) is 2.34. The van der Waals surface area contributed by atoms with Crippen molar-refractivity contribution in [1.82, 2.24) is 20.3 Å². The number of oxazole rings is 1. The van der Waals surface area contributed by atoms with Gasteiger partial charge in [0.1, 0.15) is 23.0 Å². The third-order valence-electron chi connectivity index (χ3n) is 3.96. The number of hydrogen-bond donors (Lipinski definition) is 2. The van der Waals surface area contributed by atoms with Crippen molar-refractivity contribution in [3.05, 3.63) is 47.1 Å². The lowest BCUT2D eigenvalue weighted by Gasteiger charge is -2.03. The summed E-state index contributed by atoms with van der Waals surface area (Å²) in [6.45, 7) is 2.34. The number of amides is 1. The topological polar surface area (TPSA) is 83.8 Å². The SMILES string of the molecule is Cc1nc(-c2nc(-c3ccc(Cl)cc3)c(CCCC(=O)NCCCl)o2)c[nH]1. The summed E-state index contributed by atoms with van der Waals surface area (Å²) in [7, 11) is 0. The van der Waals surface area contributed by atoms with Crippen molar-refractivity contribution in [2.45, 2.75) is 26.2 Å². The summed E-state index contributed by atoms with van der Waals surface area (Å²) in [5.41, 5.74) is 2.29. The van der Waals surface area contributed by atoms with Crippen molar-refractivity contribution < 1.29 is 9.21 Å². The molecule has 2 aromatic heterocycles. The number of imidazole rings is 1. The molecule has 0 radical (unpaired) electrons. The molecule has 0 aliphatic carbocycles. The van der Waals surface area contributed by atoms with Crippen molar-refractivity contribution in [1.29, 1.82) is 0 Å². The molecule has 3 aromatic rings. The summed E-state index contributed by atoms with van der Waals surface area (Å²) in [6, 6.07) is 7.42. The smallest absolute Gasteiger partial charge is 0.247 e. The second-order valence-corrected chi connectivity index (χ2v) is 6.88. The molecule has 0 unspecified atom stereocenters. The van der Waals surface area contributed by atoms with Crippen LogP contribution < -0.4 is 5.32 Å². The molecular weight excluding hydrogens is 387 g/mol. The molecule has 27 heavy (non-hydrogen) atoms. The first kappa shape index (κ1) is 19.5. The summed E-state index contributed by atoms with van der Waals surface area (Å²) < 4.78 is 5.98. The van der Waals surface area contributed by atoms with E-state index >= 15 is 0 Å². The van der Waals surface area contributed by atoms with Gasteiger partial charge in [0.15, 0.2) is 0 Å². The molecule has 0 spiro atoms. The molecule has 142 valence electrons. The van der Waals surface area contributed by atoms with Crippen LogP contribution in [0.15, 0.2) is 34.9 Å². The van der Waals surface area contributed by atoms with Gasteiger partial charge in [0.2, 0.25) is 11.8 Å². The molecule has 0 atom stereocenters. The number of benzene rings is 1. The van der Waals surface area contributed by atoms with Crippen LogP contribution in [-0.2, 0) is 11.2 Å². The minimum Gasteiger partial charge on any atom is -0.439 e. The maximum Gasteiger partial charge on any atom is 0.247 e. The van der Waals surface area contributed by atoms with Crippen molar-refractivity contribution in [3.63, 3.8) is 0 Å². The maximum atomic E-state index is 11.8. The molecule has 0 bridgehead atoms. The van der Waals surface area contributed by atoms with E-state index in [1.54, 1.807) is 6.20 Å². The lowest BCUT2D eigenvalue weighted by molar-refractivity contribution is -0.121. The zero-order valence-corrected chi connectivity index (χ0v) is 16.4. The molecule has 1 aromatic carbocycles. The van der Waals surface area contributed by atoms with E-state index in [1.807, 2.05) is 31.2 Å². The quantitative estimate of drug-likeness (QED) is 0.543. The zero-order valence-electron chi connectivity index (χ0n) is 14.9. The predicted molar refractivity (Wildman–Crippen MR) is 106 cm³/mol. The Morgan fingerprint density at radius 3 is 2.70 bits per heavy atom. The van der Waals surface area contributed by atoms with E-state index in [-0.39, 0.29) is 5.91 Å². The third-order valence-corrected chi connectivity index (χ3v) is 4.41. The summed E-state index contributed by atoms with van der Waals surface area (Å²) in [4.78, 5) is 23.8. The highest BCUT2D eigenvalue weighted by Crippen LogP contribution is 2.30. The number of aryl methyl sites for hydroxylation is 2. The molecule has 3 rings (SSSR count). The number of H-pyrrole nitrogens is 1. The number of carbonyl (C=O) groups is 1. The highest BCUT2D eigenvalue weighted by molar-refractivity contribution is 6.30. The fourth-order valence-corrected chi connectivity index (χ4v) is 2.90. The first-order valence-electron chi connectivity index (χ1n) is 8.67. The van der Waals surface area contributed by atoms with Crippen LogP contribution >= 0.6 is 23.2 Å². The van der Waals surface area contributed by atoms with Crippen LogP contribution in [0.4, 0.5) is 0 Å². The van der Waals surface area contributed by atoms with Crippen molar-refractivity contribution in [2.75, 3.05) is 12.4 Å². The molecule has 0 aliphatic heterocycles. The van der Waals surface area contributed by atoms with E-state index in [9.17, 15) is 4.79 Å². The first-order valence-corrected chi connectivity index (χ1v) is 9.58. The standard InChI is InChI=1S/C19H20Cl2N4O2/c1-12-23-11-15(24-12)19-25-18(13-5-7-14(21)8-6-13)16(27-19)3-2-4-17(26)22-10-9-20/h5-8,11H,2-4,9-10H2,1H3,(H,22,26)(H,23,24). The molecule has 0 saturated carbocycles. The van der Waals surface area contributed by atoms with E-state index in [4.69, 9.17) is 27.6 Å². The van der Waals surface area contributed by atoms with Crippen LogP contribution in [0.2, 0.25) is 5.02 Å². The number of hydrogen-bond acceptors (Lipinski definition) is 4. The monoisotopic (exact) mass is 406 g/mol. The van der Waals surface area contributed by atoms with Crippen LogP contribution in [0, 0.1) is 6.92 Å². The number of nitrogens with zero attached hydrogens (tertiary/aromatic N) is 2. The Morgan fingerprint density at radius 2 is 2.04 bits per heavy atom. The zero-order chi connectivity index (χ0) is 19.2. The lowest BCUT2D eigenvalue weighted by atomic mass is 10.1. The molecule has 1 amide bonds. The minimum atomic E-state index is -0.0219. The number of rotatable bonds is 8. The molecule has 6 nitrogen and oxygen atoms in total. The van der Waals surface area contributed by atoms with E-state index in [0.717, 1.165) is 22.8 Å². The van der Waals surface area contributed by atoms with Gasteiger partial charge in [-0.25, -0.2) is 9.97 Å². The summed E-state index contributed by atoms with van der Waals surface area (Å²) >= 11 is 11.6.